The molecule has 6 heteroatoms. The van der Waals surface area contributed by atoms with Gasteiger partial charge in [-0.2, -0.15) is 0 Å². The first kappa shape index (κ1) is 19.6. The molecule has 0 aliphatic carbocycles. The van der Waals surface area contributed by atoms with Gasteiger partial charge in [0.25, 0.3) is 5.56 Å². The van der Waals surface area contributed by atoms with Gasteiger partial charge in [-0.15, -0.1) is 0 Å². The average Bonchev–Trinajstić information content (AvgIpc) is 2.68. The maximum Gasteiger partial charge on any atom is 0.404 e. The molecule has 0 atom stereocenters. The summed E-state index contributed by atoms with van der Waals surface area (Å²) >= 11 is 0. The van der Waals surface area contributed by atoms with Gasteiger partial charge in [-0.1, -0.05) is 50.2 Å². The van der Waals surface area contributed by atoms with Crippen molar-refractivity contribution in [1.29, 1.82) is 0 Å². The number of amides is 1. The molecule has 3 N–H and O–H groups in total. The summed E-state index contributed by atoms with van der Waals surface area (Å²) in [6, 6.07) is 14.9. The summed E-state index contributed by atoms with van der Waals surface area (Å²) in [5, 5.41) is 22.4. The third kappa shape index (κ3) is 3.92. The molecule has 0 fully saturated rings. The summed E-state index contributed by atoms with van der Waals surface area (Å²) in [5.41, 5.74) is 2.86. The van der Waals surface area contributed by atoms with E-state index in [0.29, 0.717) is 28.6 Å². The molecule has 0 saturated carbocycles. The second-order valence-electron chi connectivity index (χ2n) is 7.19. The lowest BCUT2D eigenvalue weighted by Gasteiger charge is -2.21. The molecule has 146 valence electrons. The van der Waals surface area contributed by atoms with Crippen LogP contribution in [0.4, 0.5) is 4.79 Å². The molecule has 0 unspecified atom stereocenters. The molecule has 0 bridgehead atoms. The maximum atomic E-state index is 13.2. The Kier molecular flexibility index (Phi) is 5.80. The molecule has 28 heavy (non-hydrogen) atoms. The molecule has 0 spiro atoms. The van der Waals surface area contributed by atoms with Gasteiger partial charge in [-0.05, 0) is 34.6 Å². The Labute approximate surface area is 163 Å². The summed E-state index contributed by atoms with van der Waals surface area (Å²) < 4.78 is 1.67. The molecular formula is C22H24N2O4. The quantitative estimate of drug-likeness (QED) is 0.609. The highest BCUT2D eigenvalue weighted by Gasteiger charge is 2.19. The van der Waals surface area contributed by atoms with Crippen molar-refractivity contribution < 1.29 is 15.0 Å². The van der Waals surface area contributed by atoms with Crippen molar-refractivity contribution >= 4 is 16.9 Å². The molecule has 3 aromatic rings. The monoisotopic (exact) mass is 380 g/mol. The molecule has 0 aliphatic heterocycles. The summed E-state index contributed by atoms with van der Waals surface area (Å²) in [6.45, 7) is 4.39. The van der Waals surface area contributed by atoms with Gasteiger partial charge in [0.2, 0.25) is 0 Å². The van der Waals surface area contributed by atoms with Gasteiger partial charge in [-0.3, -0.25) is 4.79 Å². The molecule has 3 rings (SSSR count). The number of nitrogens with one attached hydrogen (secondary N) is 1. The Hall–Kier alpha value is -3.12. The zero-order valence-corrected chi connectivity index (χ0v) is 16.0. The standard InChI is InChI=1S/C22H24N2O4/c1-14(2)12-24-19(11-23-22(27)28)20(16-6-4-3-5-7-16)18-10-15(13-25)8-9-17(18)21(24)26/h3-10,14,23,25H,11-13H2,1-2H3,(H,27,28). The highest BCUT2D eigenvalue weighted by molar-refractivity contribution is 5.97. The number of aliphatic hydroxyl groups is 1. The predicted molar refractivity (Wildman–Crippen MR) is 109 cm³/mol. The van der Waals surface area contributed by atoms with Crippen LogP contribution < -0.4 is 10.9 Å². The SMILES string of the molecule is CC(C)Cn1c(CNC(=O)O)c(-c2ccccc2)c2cc(CO)ccc2c1=O. The second kappa shape index (κ2) is 8.27. The number of carbonyl (C=O) groups is 1. The van der Waals surface area contributed by atoms with E-state index in [1.165, 1.54) is 0 Å². The number of aromatic nitrogens is 1. The number of hydrogen-bond acceptors (Lipinski definition) is 3. The second-order valence-corrected chi connectivity index (χ2v) is 7.19. The number of benzene rings is 2. The van der Waals surface area contributed by atoms with Crippen LogP contribution in [0, 0.1) is 5.92 Å². The number of pyridine rings is 1. The molecule has 6 nitrogen and oxygen atoms in total. The fourth-order valence-electron chi connectivity index (χ4n) is 3.47. The molecule has 0 radical (unpaired) electrons. The highest BCUT2D eigenvalue weighted by atomic mass is 16.4. The van der Waals surface area contributed by atoms with Gasteiger partial charge in [0.05, 0.1) is 13.2 Å². The third-order valence-corrected chi connectivity index (χ3v) is 4.64. The van der Waals surface area contributed by atoms with Gasteiger partial charge in [0, 0.05) is 23.2 Å². The maximum absolute atomic E-state index is 13.2. The van der Waals surface area contributed by atoms with Crippen LogP contribution in [0.15, 0.2) is 53.3 Å². The minimum absolute atomic E-state index is 0.0147. The van der Waals surface area contributed by atoms with E-state index >= 15 is 0 Å². The van der Waals surface area contributed by atoms with E-state index in [0.717, 1.165) is 11.1 Å². The van der Waals surface area contributed by atoms with Crippen molar-refractivity contribution in [2.24, 2.45) is 5.92 Å². The van der Waals surface area contributed by atoms with Crippen LogP contribution in [0.1, 0.15) is 25.1 Å². The molecule has 2 aromatic carbocycles. The van der Waals surface area contributed by atoms with Gasteiger partial charge in [0.15, 0.2) is 0 Å². The Morgan fingerprint density at radius 1 is 1.11 bits per heavy atom. The van der Waals surface area contributed by atoms with Gasteiger partial charge in [-0.25, -0.2) is 4.79 Å². The zero-order valence-electron chi connectivity index (χ0n) is 16.0. The average molecular weight is 380 g/mol. The van der Waals surface area contributed by atoms with Crippen molar-refractivity contribution in [2.75, 3.05) is 0 Å². The van der Waals surface area contributed by atoms with Crippen LogP contribution in [-0.2, 0) is 19.7 Å². The molecule has 1 aromatic heterocycles. The molecule has 1 heterocycles. The fourth-order valence-corrected chi connectivity index (χ4v) is 3.47. The first-order valence-corrected chi connectivity index (χ1v) is 9.23. The number of fused-ring (bicyclic) bond motifs is 1. The minimum atomic E-state index is -1.15. The summed E-state index contributed by atoms with van der Waals surface area (Å²) in [5.74, 6) is 0.207. The summed E-state index contributed by atoms with van der Waals surface area (Å²) in [7, 11) is 0. The van der Waals surface area contributed by atoms with Gasteiger partial charge < -0.3 is 20.1 Å². The van der Waals surface area contributed by atoms with Crippen LogP contribution in [-0.4, -0.2) is 20.9 Å². The number of rotatable bonds is 6. The Morgan fingerprint density at radius 3 is 2.43 bits per heavy atom. The zero-order chi connectivity index (χ0) is 20.3. The molecular weight excluding hydrogens is 356 g/mol. The van der Waals surface area contributed by atoms with Crippen LogP contribution in [0.25, 0.3) is 21.9 Å². The van der Waals surface area contributed by atoms with Crippen molar-refractivity contribution in [3.8, 4) is 11.1 Å². The number of hydrogen-bond donors (Lipinski definition) is 3. The van der Waals surface area contributed by atoms with Crippen LogP contribution in [0.5, 0.6) is 0 Å². The van der Waals surface area contributed by atoms with E-state index in [1.807, 2.05) is 50.2 Å². The lowest BCUT2D eigenvalue weighted by Crippen LogP contribution is -2.31. The predicted octanol–water partition coefficient (Wildman–Crippen LogP) is 3.58. The van der Waals surface area contributed by atoms with E-state index in [9.17, 15) is 14.7 Å². The van der Waals surface area contributed by atoms with E-state index < -0.39 is 6.09 Å². The van der Waals surface area contributed by atoms with E-state index in [1.54, 1.807) is 16.7 Å². The summed E-state index contributed by atoms with van der Waals surface area (Å²) in [4.78, 5) is 24.4. The number of carboxylic acid groups (broad SMARTS) is 1. The number of nitrogens with zero attached hydrogens (tertiary/aromatic N) is 1. The van der Waals surface area contributed by atoms with Crippen molar-refractivity contribution in [1.82, 2.24) is 9.88 Å². The van der Waals surface area contributed by atoms with Crippen molar-refractivity contribution in [2.45, 2.75) is 33.5 Å². The topological polar surface area (TPSA) is 91.6 Å². The Balaban J connectivity index is 2.43. The van der Waals surface area contributed by atoms with Crippen molar-refractivity contribution in [3.05, 3.63) is 70.1 Å². The lowest BCUT2D eigenvalue weighted by molar-refractivity contribution is 0.193. The fraction of sp³-hybridized carbons (Fsp3) is 0.273. The van der Waals surface area contributed by atoms with Crippen LogP contribution >= 0.6 is 0 Å². The molecule has 0 aliphatic rings. The molecule has 0 saturated heterocycles. The third-order valence-electron chi connectivity index (χ3n) is 4.64. The molecule has 1 amide bonds. The minimum Gasteiger partial charge on any atom is -0.465 e. The van der Waals surface area contributed by atoms with Crippen molar-refractivity contribution in [3.63, 3.8) is 0 Å². The van der Waals surface area contributed by atoms with Gasteiger partial charge >= 0.3 is 6.09 Å². The smallest absolute Gasteiger partial charge is 0.404 e. The Morgan fingerprint density at radius 2 is 1.82 bits per heavy atom. The van der Waals surface area contributed by atoms with Gasteiger partial charge in [0.1, 0.15) is 0 Å². The number of aliphatic hydroxyl groups excluding tert-OH is 1. The first-order valence-electron chi connectivity index (χ1n) is 9.23. The van der Waals surface area contributed by atoms with E-state index in [4.69, 9.17) is 5.11 Å². The van der Waals surface area contributed by atoms with Crippen LogP contribution in [0.2, 0.25) is 0 Å². The summed E-state index contributed by atoms with van der Waals surface area (Å²) in [6.07, 6.45) is -1.15. The highest BCUT2D eigenvalue weighted by Crippen LogP contribution is 2.32. The largest absolute Gasteiger partial charge is 0.465 e. The van der Waals surface area contributed by atoms with E-state index in [2.05, 4.69) is 5.32 Å². The normalized spacial score (nSPS) is 11.1. The van der Waals surface area contributed by atoms with Crippen LogP contribution in [0.3, 0.4) is 0 Å². The Bertz CT molecular complexity index is 1060. The lowest BCUT2D eigenvalue weighted by atomic mass is 9.95. The van der Waals surface area contributed by atoms with E-state index in [-0.39, 0.29) is 24.6 Å². The first-order chi connectivity index (χ1) is 13.4.